The van der Waals surface area contributed by atoms with Crippen LogP contribution >= 0.6 is 11.6 Å². The van der Waals surface area contributed by atoms with Gasteiger partial charge in [0, 0.05) is 23.3 Å². The lowest BCUT2D eigenvalue weighted by Gasteiger charge is -1.98. The summed E-state index contributed by atoms with van der Waals surface area (Å²) >= 11 is 5.73. The number of rotatable bonds is 4. The minimum absolute atomic E-state index is 0.175. The van der Waals surface area contributed by atoms with Gasteiger partial charge in [-0.15, -0.1) is 0 Å². The Kier molecular flexibility index (Phi) is 3.71. The molecule has 1 aromatic rings. The molecule has 1 aromatic heterocycles. The molecular weight excluding hydrogens is 190 g/mol. The Morgan fingerprint density at radius 3 is 3.00 bits per heavy atom. The van der Waals surface area contributed by atoms with Crippen molar-refractivity contribution in [1.29, 1.82) is 0 Å². The number of pyridine rings is 1. The average Bonchev–Trinajstić information content (AvgIpc) is 2.03. The van der Waals surface area contributed by atoms with Crippen molar-refractivity contribution in [1.82, 2.24) is 4.98 Å². The largest absolute Gasteiger partial charge is 0.481 e. The van der Waals surface area contributed by atoms with Crippen molar-refractivity contribution < 1.29 is 9.90 Å². The molecule has 0 aliphatic carbocycles. The fourth-order valence-electron chi connectivity index (χ4n) is 1.01. The molecule has 0 bridgehead atoms. The van der Waals surface area contributed by atoms with Crippen molar-refractivity contribution in [2.45, 2.75) is 19.3 Å². The van der Waals surface area contributed by atoms with Gasteiger partial charge in [-0.1, -0.05) is 11.6 Å². The number of aliphatic carboxylic acids is 1. The van der Waals surface area contributed by atoms with Crippen LogP contribution in [0.5, 0.6) is 0 Å². The Morgan fingerprint density at radius 2 is 2.38 bits per heavy atom. The Bertz CT molecular complexity index is 301. The summed E-state index contributed by atoms with van der Waals surface area (Å²) in [5.41, 5.74) is 0.841. The summed E-state index contributed by atoms with van der Waals surface area (Å²) in [7, 11) is 0. The molecule has 0 saturated carbocycles. The molecule has 0 aliphatic rings. The highest BCUT2D eigenvalue weighted by Crippen LogP contribution is 2.09. The maximum Gasteiger partial charge on any atom is 0.303 e. The average molecular weight is 200 g/mol. The molecular formula is C9H10ClNO2. The van der Waals surface area contributed by atoms with Crippen LogP contribution in [0.4, 0.5) is 0 Å². The fraction of sp³-hybridized carbons (Fsp3) is 0.333. The van der Waals surface area contributed by atoms with Crippen molar-refractivity contribution in [2.24, 2.45) is 0 Å². The first kappa shape index (κ1) is 9.99. The predicted molar refractivity (Wildman–Crippen MR) is 49.8 cm³/mol. The number of nitrogens with zero attached hydrogens (tertiary/aromatic N) is 1. The molecule has 70 valence electrons. The standard InChI is InChI=1S/C9H10ClNO2/c10-7-4-5-11-8(6-7)2-1-3-9(12)13/h4-6H,1-3H2,(H,12,13). The topological polar surface area (TPSA) is 50.2 Å². The molecule has 1 rings (SSSR count). The van der Waals surface area contributed by atoms with Gasteiger partial charge < -0.3 is 5.11 Å². The molecule has 0 aromatic carbocycles. The van der Waals surface area contributed by atoms with Crippen molar-refractivity contribution in [3.05, 3.63) is 29.0 Å². The number of hydrogen-bond acceptors (Lipinski definition) is 2. The lowest BCUT2D eigenvalue weighted by Crippen LogP contribution is -1.96. The van der Waals surface area contributed by atoms with E-state index in [2.05, 4.69) is 4.98 Å². The van der Waals surface area contributed by atoms with Crippen LogP contribution in [-0.2, 0) is 11.2 Å². The van der Waals surface area contributed by atoms with Crippen molar-refractivity contribution in [2.75, 3.05) is 0 Å². The van der Waals surface area contributed by atoms with Gasteiger partial charge in [-0.25, -0.2) is 0 Å². The second-order valence-corrected chi connectivity index (χ2v) is 3.15. The van der Waals surface area contributed by atoms with Gasteiger partial charge in [-0.3, -0.25) is 9.78 Å². The van der Waals surface area contributed by atoms with Crippen LogP contribution in [0.25, 0.3) is 0 Å². The van der Waals surface area contributed by atoms with Crippen LogP contribution in [0.3, 0.4) is 0 Å². The minimum atomic E-state index is -0.776. The Labute approximate surface area is 81.4 Å². The van der Waals surface area contributed by atoms with Gasteiger partial charge in [0.05, 0.1) is 0 Å². The zero-order chi connectivity index (χ0) is 9.68. The molecule has 0 radical (unpaired) electrons. The van der Waals surface area contributed by atoms with Crippen LogP contribution in [-0.4, -0.2) is 16.1 Å². The van der Waals surface area contributed by atoms with Gasteiger partial charge in [-0.2, -0.15) is 0 Å². The highest BCUT2D eigenvalue weighted by atomic mass is 35.5. The van der Waals surface area contributed by atoms with E-state index in [1.807, 2.05) is 0 Å². The number of aryl methyl sites for hydroxylation is 1. The van der Waals surface area contributed by atoms with Crippen LogP contribution in [0.1, 0.15) is 18.5 Å². The first-order valence-electron chi connectivity index (χ1n) is 4.00. The number of carbonyl (C=O) groups is 1. The van der Waals surface area contributed by atoms with E-state index in [1.165, 1.54) is 0 Å². The van der Waals surface area contributed by atoms with Gasteiger partial charge in [0.15, 0.2) is 0 Å². The molecule has 1 heterocycles. The van der Waals surface area contributed by atoms with Crippen molar-refractivity contribution >= 4 is 17.6 Å². The van der Waals surface area contributed by atoms with E-state index < -0.39 is 5.97 Å². The number of carboxylic acids is 1. The molecule has 0 unspecified atom stereocenters. The molecule has 3 nitrogen and oxygen atoms in total. The van der Waals surface area contributed by atoms with Crippen molar-refractivity contribution in [3.63, 3.8) is 0 Å². The highest BCUT2D eigenvalue weighted by Gasteiger charge is 1.99. The smallest absolute Gasteiger partial charge is 0.303 e. The third-order valence-electron chi connectivity index (χ3n) is 1.60. The number of carboxylic acid groups (broad SMARTS) is 1. The summed E-state index contributed by atoms with van der Waals surface area (Å²) in [5.74, 6) is -0.776. The van der Waals surface area contributed by atoms with Crippen LogP contribution in [0.2, 0.25) is 5.02 Å². The number of aromatic nitrogens is 1. The number of halogens is 1. The lowest BCUT2D eigenvalue weighted by atomic mass is 10.2. The van der Waals surface area contributed by atoms with Gasteiger partial charge in [0.1, 0.15) is 0 Å². The zero-order valence-corrected chi connectivity index (χ0v) is 7.79. The summed E-state index contributed by atoms with van der Waals surface area (Å²) in [6.07, 6.45) is 3.06. The van der Waals surface area contributed by atoms with E-state index >= 15 is 0 Å². The first-order valence-corrected chi connectivity index (χ1v) is 4.38. The van der Waals surface area contributed by atoms with E-state index in [4.69, 9.17) is 16.7 Å². The normalized spacial score (nSPS) is 9.92. The quantitative estimate of drug-likeness (QED) is 0.809. The molecule has 4 heteroatoms. The Hall–Kier alpha value is -1.09. The number of hydrogen-bond donors (Lipinski definition) is 1. The zero-order valence-electron chi connectivity index (χ0n) is 7.03. The first-order chi connectivity index (χ1) is 6.18. The SMILES string of the molecule is O=C(O)CCCc1cc(Cl)ccn1. The summed E-state index contributed by atoms with van der Waals surface area (Å²) in [6.45, 7) is 0. The van der Waals surface area contributed by atoms with E-state index in [-0.39, 0.29) is 6.42 Å². The van der Waals surface area contributed by atoms with Crippen molar-refractivity contribution in [3.8, 4) is 0 Å². The van der Waals surface area contributed by atoms with Crippen LogP contribution < -0.4 is 0 Å². The summed E-state index contributed by atoms with van der Waals surface area (Å²) in [4.78, 5) is 14.3. The summed E-state index contributed by atoms with van der Waals surface area (Å²) in [6, 6.07) is 3.45. The van der Waals surface area contributed by atoms with Gasteiger partial charge in [0.2, 0.25) is 0 Å². The van der Waals surface area contributed by atoms with Gasteiger partial charge >= 0.3 is 5.97 Å². The van der Waals surface area contributed by atoms with Crippen LogP contribution in [0, 0.1) is 0 Å². The highest BCUT2D eigenvalue weighted by molar-refractivity contribution is 6.30. The molecule has 0 atom stereocenters. The molecule has 13 heavy (non-hydrogen) atoms. The predicted octanol–water partition coefficient (Wildman–Crippen LogP) is 2.14. The Morgan fingerprint density at radius 1 is 1.62 bits per heavy atom. The minimum Gasteiger partial charge on any atom is -0.481 e. The molecule has 0 aliphatic heterocycles. The third kappa shape index (κ3) is 3.90. The summed E-state index contributed by atoms with van der Waals surface area (Å²) in [5, 5.41) is 9.04. The maximum absolute atomic E-state index is 10.2. The monoisotopic (exact) mass is 199 g/mol. The second-order valence-electron chi connectivity index (χ2n) is 2.71. The fourth-order valence-corrected chi connectivity index (χ4v) is 1.19. The third-order valence-corrected chi connectivity index (χ3v) is 1.84. The van der Waals surface area contributed by atoms with E-state index in [1.54, 1.807) is 18.3 Å². The van der Waals surface area contributed by atoms with Gasteiger partial charge in [0.25, 0.3) is 0 Å². The van der Waals surface area contributed by atoms with E-state index in [0.717, 1.165) is 5.69 Å². The molecule has 0 amide bonds. The molecule has 1 N–H and O–H groups in total. The second kappa shape index (κ2) is 4.82. The Balaban J connectivity index is 2.41. The van der Waals surface area contributed by atoms with Gasteiger partial charge in [-0.05, 0) is 25.0 Å². The summed E-state index contributed by atoms with van der Waals surface area (Å²) < 4.78 is 0. The molecule has 0 saturated heterocycles. The lowest BCUT2D eigenvalue weighted by molar-refractivity contribution is -0.137. The van der Waals surface area contributed by atoms with Crippen LogP contribution in [0.15, 0.2) is 18.3 Å². The molecule has 0 spiro atoms. The molecule has 0 fully saturated rings. The maximum atomic E-state index is 10.2. The van der Waals surface area contributed by atoms with E-state index in [0.29, 0.717) is 17.9 Å². The van der Waals surface area contributed by atoms with E-state index in [9.17, 15) is 4.79 Å².